The van der Waals surface area contributed by atoms with Gasteiger partial charge in [-0.15, -0.1) is 0 Å². The molecular formula is C20H16N2OS. The molecule has 3 aromatic rings. The van der Waals surface area contributed by atoms with Crippen molar-refractivity contribution < 1.29 is 4.79 Å². The Bertz CT molecular complexity index is 865. The maximum Gasteiger partial charge on any atom is 0.326 e. The number of para-hydroxylation sites is 1. The Morgan fingerprint density at radius 1 is 0.833 bits per heavy atom. The number of hydrogen-bond donors (Lipinski definition) is 1. The summed E-state index contributed by atoms with van der Waals surface area (Å²) in [6, 6.07) is 26.2. The zero-order valence-corrected chi connectivity index (χ0v) is 13.8. The van der Waals surface area contributed by atoms with Gasteiger partial charge in [0.2, 0.25) is 0 Å². The van der Waals surface area contributed by atoms with Gasteiger partial charge in [-0.25, -0.2) is 4.79 Å². The third kappa shape index (κ3) is 2.88. The fourth-order valence-corrected chi connectivity index (χ4v) is 3.71. The Balaban J connectivity index is 1.68. The summed E-state index contributed by atoms with van der Waals surface area (Å²) in [5, 5.41) is 2.96. The number of nitrogens with one attached hydrogen (secondary N) is 1. The van der Waals surface area contributed by atoms with Gasteiger partial charge in [-0.3, -0.25) is 4.90 Å². The second kappa shape index (κ2) is 6.42. The molecule has 0 unspecified atom stereocenters. The van der Waals surface area contributed by atoms with Crippen LogP contribution in [0.1, 0.15) is 5.56 Å². The van der Waals surface area contributed by atoms with Crippen molar-refractivity contribution in [2.45, 2.75) is 16.3 Å². The molecule has 0 aromatic heterocycles. The van der Waals surface area contributed by atoms with Crippen LogP contribution in [0.4, 0.5) is 16.2 Å². The van der Waals surface area contributed by atoms with Crippen molar-refractivity contribution in [2.75, 3.05) is 4.90 Å². The number of fused-ring (bicyclic) bond motifs is 1. The fourth-order valence-electron chi connectivity index (χ4n) is 2.80. The molecule has 0 radical (unpaired) electrons. The standard InChI is InChI=1S/C20H16N2OS/c23-20-21-14-15-13-18(24-17-9-5-2-6-10-17)11-12-19(15)22(20)16-7-3-1-4-8-16/h1-13H,14H2,(H,21,23). The SMILES string of the molecule is O=C1NCc2cc(Sc3ccccc3)ccc2N1c1ccccc1. The first-order valence-electron chi connectivity index (χ1n) is 7.80. The van der Waals surface area contributed by atoms with Gasteiger partial charge in [0.15, 0.2) is 0 Å². The van der Waals surface area contributed by atoms with Gasteiger partial charge in [0.25, 0.3) is 0 Å². The molecule has 1 aliphatic heterocycles. The number of nitrogens with zero attached hydrogens (tertiary/aromatic N) is 1. The molecule has 4 rings (SSSR count). The number of hydrogen-bond acceptors (Lipinski definition) is 2. The molecule has 24 heavy (non-hydrogen) atoms. The third-order valence-electron chi connectivity index (χ3n) is 3.92. The molecule has 0 saturated carbocycles. The second-order valence-corrected chi connectivity index (χ2v) is 6.68. The zero-order valence-electron chi connectivity index (χ0n) is 13.0. The molecular weight excluding hydrogens is 316 g/mol. The minimum absolute atomic E-state index is 0.0860. The number of carbonyl (C=O) groups excluding carboxylic acids is 1. The number of urea groups is 1. The Hall–Kier alpha value is -2.72. The van der Waals surface area contributed by atoms with Crippen LogP contribution in [0, 0.1) is 0 Å². The van der Waals surface area contributed by atoms with E-state index in [9.17, 15) is 4.79 Å². The molecule has 0 saturated heterocycles. The average molecular weight is 332 g/mol. The van der Waals surface area contributed by atoms with E-state index in [4.69, 9.17) is 0 Å². The van der Waals surface area contributed by atoms with Gasteiger partial charge < -0.3 is 5.32 Å². The van der Waals surface area contributed by atoms with E-state index in [2.05, 4.69) is 29.6 Å². The Kier molecular flexibility index (Phi) is 3.97. The molecule has 3 nitrogen and oxygen atoms in total. The summed E-state index contributed by atoms with van der Waals surface area (Å²) >= 11 is 1.73. The van der Waals surface area contributed by atoms with Crippen LogP contribution in [0.2, 0.25) is 0 Å². The van der Waals surface area contributed by atoms with E-state index < -0.39 is 0 Å². The van der Waals surface area contributed by atoms with Gasteiger partial charge in [-0.2, -0.15) is 0 Å². The number of benzene rings is 3. The molecule has 1 aliphatic rings. The van der Waals surface area contributed by atoms with E-state index in [0.29, 0.717) is 6.54 Å². The largest absolute Gasteiger partial charge is 0.333 e. The van der Waals surface area contributed by atoms with Crippen LogP contribution in [0.5, 0.6) is 0 Å². The lowest BCUT2D eigenvalue weighted by Gasteiger charge is -2.30. The molecule has 2 amide bonds. The summed E-state index contributed by atoms with van der Waals surface area (Å²) in [6.07, 6.45) is 0. The molecule has 0 aliphatic carbocycles. The summed E-state index contributed by atoms with van der Waals surface area (Å²) in [4.78, 5) is 16.5. The van der Waals surface area contributed by atoms with E-state index in [-0.39, 0.29) is 6.03 Å². The molecule has 1 heterocycles. The predicted molar refractivity (Wildman–Crippen MR) is 97.8 cm³/mol. The van der Waals surface area contributed by atoms with Crippen LogP contribution >= 0.6 is 11.8 Å². The highest BCUT2D eigenvalue weighted by Gasteiger charge is 2.25. The Morgan fingerprint density at radius 3 is 2.29 bits per heavy atom. The van der Waals surface area contributed by atoms with Crippen LogP contribution in [0.25, 0.3) is 0 Å². The normalized spacial score (nSPS) is 13.3. The maximum absolute atomic E-state index is 12.3. The monoisotopic (exact) mass is 332 g/mol. The van der Waals surface area contributed by atoms with Crippen molar-refractivity contribution in [1.29, 1.82) is 0 Å². The summed E-state index contributed by atoms with van der Waals surface area (Å²) in [6.45, 7) is 0.556. The number of amides is 2. The first-order valence-corrected chi connectivity index (χ1v) is 8.62. The average Bonchev–Trinajstić information content (AvgIpc) is 2.63. The van der Waals surface area contributed by atoms with Crippen molar-refractivity contribution in [3.63, 3.8) is 0 Å². The predicted octanol–water partition coefficient (Wildman–Crippen LogP) is 5.20. The third-order valence-corrected chi connectivity index (χ3v) is 4.92. The van der Waals surface area contributed by atoms with Crippen LogP contribution in [-0.4, -0.2) is 6.03 Å². The van der Waals surface area contributed by atoms with Crippen molar-refractivity contribution in [3.8, 4) is 0 Å². The first-order chi connectivity index (χ1) is 11.8. The Morgan fingerprint density at radius 2 is 1.54 bits per heavy atom. The zero-order chi connectivity index (χ0) is 16.4. The number of anilines is 2. The lowest BCUT2D eigenvalue weighted by atomic mass is 10.1. The summed E-state index contributed by atoms with van der Waals surface area (Å²) < 4.78 is 0. The van der Waals surface area contributed by atoms with Crippen LogP contribution in [0.3, 0.4) is 0 Å². The van der Waals surface area contributed by atoms with Gasteiger partial charge >= 0.3 is 6.03 Å². The highest BCUT2D eigenvalue weighted by atomic mass is 32.2. The quantitative estimate of drug-likeness (QED) is 0.715. The summed E-state index contributed by atoms with van der Waals surface area (Å²) in [5.41, 5.74) is 2.95. The Labute approximate surface area is 145 Å². The topological polar surface area (TPSA) is 32.3 Å². The lowest BCUT2D eigenvalue weighted by molar-refractivity contribution is 0.247. The molecule has 1 N–H and O–H groups in total. The minimum Gasteiger partial charge on any atom is -0.333 e. The lowest BCUT2D eigenvalue weighted by Crippen LogP contribution is -2.41. The smallest absolute Gasteiger partial charge is 0.326 e. The van der Waals surface area contributed by atoms with E-state index in [1.54, 1.807) is 16.7 Å². The molecule has 0 fully saturated rings. The van der Waals surface area contributed by atoms with E-state index >= 15 is 0 Å². The summed E-state index contributed by atoms with van der Waals surface area (Å²) in [7, 11) is 0. The van der Waals surface area contributed by atoms with Crippen molar-refractivity contribution in [2.24, 2.45) is 0 Å². The molecule has 0 spiro atoms. The van der Waals surface area contributed by atoms with E-state index in [0.717, 1.165) is 16.9 Å². The molecule has 4 heteroatoms. The van der Waals surface area contributed by atoms with Crippen LogP contribution < -0.4 is 10.2 Å². The first kappa shape index (κ1) is 14.8. The fraction of sp³-hybridized carbons (Fsp3) is 0.0500. The van der Waals surface area contributed by atoms with Gasteiger partial charge in [0, 0.05) is 16.3 Å². The molecule has 118 valence electrons. The van der Waals surface area contributed by atoms with Crippen molar-refractivity contribution in [1.82, 2.24) is 5.32 Å². The van der Waals surface area contributed by atoms with Crippen molar-refractivity contribution >= 4 is 29.2 Å². The minimum atomic E-state index is -0.0860. The van der Waals surface area contributed by atoms with Crippen LogP contribution in [0.15, 0.2) is 88.7 Å². The number of carbonyl (C=O) groups is 1. The van der Waals surface area contributed by atoms with Crippen molar-refractivity contribution in [3.05, 3.63) is 84.4 Å². The molecule has 0 atom stereocenters. The second-order valence-electron chi connectivity index (χ2n) is 5.54. The van der Waals surface area contributed by atoms with Crippen LogP contribution in [-0.2, 0) is 6.54 Å². The van der Waals surface area contributed by atoms with Gasteiger partial charge in [0.05, 0.1) is 11.4 Å². The van der Waals surface area contributed by atoms with Gasteiger partial charge in [0.1, 0.15) is 0 Å². The maximum atomic E-state index is 12.3. The highest BCUT2D eigenvalue weighted by molar-refractivity contribution is 7.99. The van der Waals surface area contributed by atoms with E-state index in [1.165, 1.54) is 9.79 Å². The molecule has 0 bridgehead atoms. The number of rotatable bonds is 3. The highest BCUT2D eigenvalue weighted by Crippen LogP contribution is 2.36. The van der Waals surface area contributed by atoms with E-state index in [1.807, 2.05) is 54.6 Å². The summed E-state index contributed by atoms with van der Waals surface area (Å²) in [5.74, 6) is 0. The van der Waals surface area contributed by atoms with Gasteiger partial charge in [-0.05, 0) is 48.0 Å². The molecule has 3 aromatic carbocycles. The van der Waals surface area contributed by atoms with Gasteiger partial charge in [-0.1, -0.05) is 48.2 Å².